The van der Waals surface area contributed by atoms with Crippen LogP contribution in [-0.2, 0) is 11.2 Å². The summed E-state index contributed by atoms with van der Waals surface area (Å²) >= 11 is 0. The Hall–Kier alpha value is -2.82. The maximum atomic E-state index is 12.9. The molecule has 2 heterocycles. The lowest BCUT2D eigenvalue weighted by molar-refractivity contribution is -0.120. The number of anilines is 1. The minimum atomic E-state index is -0.0919. The smallest absolute Gasteiger partial charge is 0.254 e. The van der Waals surface area contributed by atoms with Crippen LogP contribution < -0.4 is 9.64 Å². The van der Waals surface area contributed by atoms with Crippen LogP contribution in [-0.4, -0.2) is 42.5 Å². The van der Waals surface area contributed by atoms with Gasteiger partial charge in [-0.15, -0.1) is 0 Å². The van der Waals surface area contributed by atoms with E-state index in [-0.39, 0.29) is 24.5 Å². The Labute approximate surface area is 159 Å². The van der Waals surface area contributed by atoms with E-state index in [9.17, 15) is 9.59 Å². The molecule has 1 atom stereocenters. The third-order valence-corrected chi connectivity index (χ3v) is 5.17. The number of nitrogens with zero attached hydrogens (tertiary/aromatic N) is 2. The van der Waals surface area contributed by atoms with Gasteiger partial charge in [0.25, 0.3) is 5.91 Å². The van der Waals surface area contributed by atoms with E-state index >= 15 is 0 Å². The van der Waals surface area contributed by atoms with Crippen molar-refractivity contribution in [2.45, 2.75) is 33.3 Å². The average Bonchev–Trinajstić information content (AvgIpc) is 2.99. The van der Waals surface area contributed by atoms with E-state index < -0.39 is 0 Å². The summed E-state index contributed by atoms with van der Waals surface area (Å²) in [5, 5.41) is 0. The number of ether oxygens (including phenoxy) is 1. The molecule has 5 heteroatoms. The van der Waals surface area contributed by atoms with Gasteiger partial charge in [-0.25, -0.2) is 0 Å². The van der Waals surface area contributed by atoms with Crippen molar-refractivity contribution in [2.75, 3.05) is 24.5 Å². The van der Waals surface area contributed by atoms with Gasteiger partial charge in [0, 0.05) is 30.8 Å². The predicted molar refractivity (Wildman–Crippen MR) is 104 cm³/mol. The molecule has 0 saturated carbocycles. The van der Waals surface area contributed by atoms with E-state index in [4.69, 9.17) is 4.74 Å². The van der Waals surface area contributed by atoms with Crippen LogP contribution in [0.25, 0.3) is 0 Å². The molecule has 1 saturated heterocycles. The third kappa shape index (κ3) is 3.42. The Morgan fingerprint density at radius 3 is 2.52 bits per heavy atom. The Kier molecular flexibility index (Phi) is 4.38. The predicted octanol–water partition coefficient (Wildman–Crippen LogP) is 3.12. The van der Waals surface area contributed by atoms with Gasteiger partial charge in [0.1, 0.15) is 18.4 Å². The first-order valence-electron chi connectivity index (χ1n) is 9.38. The molecule has 4 rings (SSSR count). The third-order valence-electron chi connectivity index (χ3n) is 5.17. The van der Waals surface area contributed by atoms with Crippen LogP contribution in [0.15, 0.2) is 36.4 Å². The van der Waals surface area contributed by atoms with Gasteiger partial charge in [-0.05, 0) is 67.8 Å². The fourth-order valence-corrected chi connectivity index (χ4v) is 3.96. The Bertz CT molecular complexity index is 902. The number of aryl methyl sites for hydroxylation is 2. The summed E-state index contributed by atoms with van der Waals surface area (Å²) in [6, 6.07) is 11.7. The molecule has 1 fully saturated rings. The number of rotatable bonds is 2. The molecular formula is C22H24N2O3. The van der Waals surface area contributed by atoms with E-state index in [1.54, 1.807) is 15.9 Å². The number of hydrogen-bond acceptors (Lipinski definition) is 3. The van der Waals surface area contributed by atoms with Crippen LogP contribution in [0.3, 0.4) is 0 Å². The summed E-state index contributed by atoms with van der Waals surface area (Å²) in [5.41, 5.74) is 4.86. The van der Waals surface area contributed by atoms with E-state index in [0.29, 0.717) is 18.7 Å². The summed E-state index contributed by atoms with van der Waals surface area (Å²) in [6.45, 7) is 7.22. The molecule has 1 unspecified atom stereocenters. The normalized spacial score (nSPS) is 19.1. The summed E-state index contributed by atoms with van der Waals surface area (Å²) in [5.74, 6) is 0.721. The molecule has 2 aliphatic heterocycles. The van der Waals surface area contributed by atoms with Gasteiger partial charge in [0.2, 0.25) is 5.91 Å². The zero-order valence-electron chi connectivity index (χ0n) is 16.0. The van der Waals surface area contributed by atoms with Crippen LogP contribution in [0.1, 0.15) is 34.0 Å². The second-order valence-corrected chi connectivity index (χ2v) is 7.57. The number of amides is 2. The van der Waals surface area contributed by atoms with Crippen molar-refractivity contribution in [3.8, 4) is 5.75 Å². The van der Waals surface area contributed by atoms with E-state index in [1.807, 2.05) is 45.0 Å². The highest BCUT2D eigenvalue weighted by molar-refractivity contribution is 6.02. The van der Waals surface area contributed by atoms with Gasteiger partial charge in [-0.2, -0.15) is 0 Å². The Morgan fingerprint density at radius 2 is 1.81 bits per heavy atom. The van der Waals surface area contributed by atoms with Crippen molar-refractivity contribution in [3.05, 3.63) is 58.7 Å². The lowest BCUT2D eigenvalue weighted by Crippen LogP contribution is -2.52. The molecule has 2 aliphatic rings. The molecule has 5 nitrogen and oxygen atoms in total. The summed E-state index contributed by atoms with van der Waals surface area (Å²) in [4.78, 5) is 29.0. The van der Waals surface area contributed by atoms with Gasteiger partial charge in [0.15, 0.2) is 0 Å². The Morgan fingerprint density at radius 1 is 1.07 bits per heavy atom. The molecule has 0 N–H and O–H groups in total. The van der Waals surface area contributed by atoms with Gasteiger partial charge in [-0.1, -0.05) is 6.07 Å². The standard InChI is InChI=1S/C22H24N2O3/c1-14-8-15(2)10-19(9-14)24-7-6-23(13-21(24)25)22(26)17-4-5-20-18(12-17)11-16(3)27-20/h4-5,8-10,12,16H,6-7,11,13H2,1-3H3. The molecule has 0 bridgehead atoms. The first-order valence-corrected chi connectivity index (χ1v) is 9.38. The summed E-state index contributed by atoms with van der Waals surface area (Å²) in [6.07, 6.45) is 0.962. The van der Waals surface area contributed by atoms with Gasteiger partial charge < -0.3 is 14.5 Å². The number of carbonyl (C=O) groups excluding carboxylic acids is 2. The number of hydrogen-bond donors (Lipinski definition) is 0. The first kappa shape index (κ1) is 17.6. The SMILES string of the molecule is Cc1cc(C)cc(N2CCN(C(=O)c3ccc4c(c3)CC(C)O4)CC2=O)c1. The van der Waals surface area contributed by atoms with Crippen molar-refractivity contribution < 1.29 is 14.3 Å². The van der Waals surface area contributed by atoms with Crippen LogP contribution in [0.2, 0.25) is 0 Å². The first-order chi connectivity index (χ1) is 12.9. The minimum Gasteiger partial charge on any atom is -0.490 e. The molecular weight excluding hydrogens is 340 g/mol. The molecule has 0 aliphatic carbocycles. The van der Waals surface area contributed by atoms with Crippen molar-refractivity contribution >= 4 is 17.5 Å². The van der Waals surface area contributed by atoms with Gasteiger partial charge in [-0.3, -0.25) is 9.59 Å². The maximum absolute atomic E-state index is 12.9. The maximum Gasteiger partial charge on any atom is 0.254 e. The number of carbonyl (C=O) groups is 2. The molecule has 140 valence electrons. The quantitative estimate of drug-likeness (QED) is 0.823. The van der Waals surface area contributed by atoms with E-state index in [1.165, 1.54) is 0 Å². The highest BCUT2D eigenvalue weighted by atomic mass is 16.5. The number of benzene rings is 2. The lowest BCUT2D eigenvalue weighted by Gasteiger charge is -2.34. The van der Waals surface area contributed by atoms with E-state index in [0.717, 1.165) is 34.5 Å². The van der Waals surface area contributed by atoms with Gasteiger partial charge in [0.05, 0.1) is 0 Å². The molecule has 2 aromatic carbocycles. The highest BCUT2D eigenvalue weighted by Gasteiger charge is 2.29. The van der Waals surface area contributed by atoms with Crippen LogP contribution in [0.4, 0.5) is 5.69 Å². The van der Waals surface area contributed by atoms with Crippen LogP contribution in [0.5, 0.6) is 5.75 Å². The zero-order chi connectivity index (χ0) is 19.1. The second kappa shape index (κ2) is 6.72. The topological polar surface area (TPSA) is 49.9 Å². The van der Waals surface area contributed by atoms with Crippen molar-refractivity contribution in [3.63, 3.8) is 0 Å². The van der Waals surface area contributed by atoms with Crippen molar-refractivity contribution in [1.82, 2.24) is 4.90 Å². The number of piperazine rings is 1. The van der Waals surface area contributed by atoms with Crippen LogP contribution in [0, 0.1) is 13.8 Å². The van der Waals surface area contributed by atoms with Crippen molar-refractivity contribution in [2.24, 2.45) is 0 Å². The zero-order valence-corrected chi connectivity index (χ0v) is 16.0. The highest BCUT2D eigenvalue weighted by Crippen LogP contribution is 2.30. The molecule has 2 amide bonds. The molecule has 0 radical (unpaired) electrons. The molecule has 2 aromatic rings. The van der Waals surface area contributed by atoms with Crippen LogP contribution >= 0.6 is 0 Å². The van der Waals surface area contributed by atoms with Crippen molar-refractivity contribution in [1.29, 1.82) is 0 Å². The van der Waals surface area contributed by atoms with Gasteiger partial charge >= 0.3 is 0 Å². The van der Waals surface area contributed by atoms with E-state index in [2.05, 4.69) is 6.07 Å². The second-order valence-electron chi connectivity index (χ2n) is 7.57. The fourth-order valence-electron chi connectivity index (χ4n) is 3.96. The largest absolute Gasteiger partial charge is 0.490 e. The average molecular weight is 364 g/mol. The summed E-state index contributed by atoms with van der Waals surface area (Å²) in [7, 11) is 0. The monoisotopic (exact) mass is 364 g/mol. The molecule has 27 heavy (non-hydrogen) atoms. The fraction of sp³-hybridized carbons (Fsp3) is 0.364. The summed E-state index contributed by atoms with van der Waals surface area (Å²) < 4.78 is 5.70. The minimum absolute atomic E-state index is 0.0438. The molecule has 0 spiro atoms. The molecule has 0 aromatic heterocycles. The number of fused-ring (bicyclic) bond motifs is 1. The lowest BCUT2D eigenvalue weighted by atomic mass is 10.1. The Balaban J connectivity index is 1.49.